The average Bonchev–Trinajstić information content (AvgIpc) is 4.10. The summed E-state index contributed by atoms with van der Waals surface area (Å²) in [6, 6.07) is 72.3. The van der Waals surface area contributed by atoms with E-state index in [1.165, 1.54) is 109 Å². The van der Waals surface area contributed by atoms with E-state index < -0.39 is 8.07 Å². The van der Waals surface area contributed by atoms with Crippen molar-refractivity contribution in [1.29, 1.82) is 0 Å². The Morgan fingerprint density at radius 2 is 1.05 bits per heavy atom. The van der Waals surface area contributed by atoms with Crippen LogP contribution in [-0.2, 0) is 16.2 Å². The molecule has 2 atom stereocenters. The van der Waals surface area contributed by atoms with Crippen molar-refractivity contribution in [2.75, 3.05) is 14.7 Å². The SMILES string of the molecule is CC1(C)CCC(C)(C)c2cc3c(cc21)B1c2ccc(-c4ccccc4)cc2N(c2cccc(-c4ccccc4)c2)c2cc(N4c5ccc([Si](C)(C)C)cc5C5(C)CCCCC45C)cc(c21)N3c1cccc2oc3ccccc3c12. The van der Waals surface area contributed by atoms with Gasteiger partial charge in [0.1, 0.15) is 11.2 Å². The topological polar surface area (TPSA) is 22.9 Å². The fraction of sp³-hybridized carbons (Fsp3) is 0.260. The first-order valence-corrected chi connectivity index (χ1v) is 32.7. The molecule has 4 heterocycles. The normalized spacial score (nSPS) is 20.4. The van der Waals surface area contributed by atoms with Gasteiger partial charge in [-0.15, -0.1) is 0 Å². The number of hydrogen-bond donors (Lipinski definition) is 0. The third kappa shape index (κ3) is 7.05. The maximum absolute atomic E-state index is 6.83. The van der Waals surface area contributed by atoms with E-state index in [1.807, 2.05) is 0 Å². The highest BCUT2D eigenvalue weighted by atomic mass is 28.3. The lowest BCUT2D eigenvalue weighted by atomic mass is 9.33. The van der Waals surface area contributed by atoms with Gasteiger partial charge in [-0.3, -0.25) is 0 Å². The molecule has 0 saturated heterocycles. The fourth-order valence-corrected chi connectivity index (χ4v) is 16.7. The van der Waals surface area contributed by atoms with Crippen molar-refractivity contribution in [2.45, 2.75) is 121 Å². The highest BCUT2D eigenvalue weighted by Gasteiger charge is 2.58. The molecule has 0 radical (unpaired) electrons. The number of fused-ring (bicyclic) bond motifs is 11. The van der Waals surface area contributed by atoms with Gasteiger partial charge in [-0.1, -0.05) is 200 Å². The summed E-state index contributed by atoms with van der Waals surface area (Å²) in [6.45, 7) is 22.6. The Hall–Kier alpha value is -7.54. The van der Waals surface area contributed by atoms with Crippen molar-refractivity contribution in [1.82, 2.24) is 0 Å². The zero-order chi connectivity index (χ0) is 54.0. The van der Waals surface area contributed by atoms with Crippen LogP contribution in [0.25, 0.3) is 44.2 Å². The molecule has 10 aromatic rings. The third-order valence-corrected chi connectivity index (χ3v) is 22.2. The number of furan rings is 1. The minimum absolute atomic E-state index is 0.00237. The Kier molecular flexibility index (Phi) is 10.4. The van der Waals surface area contributed by atoms with Crippen molar-refractivity contribution in [3.63, 3.8) is 0 Å². The van der Waals surface area contributed by atoms with Gasteiger partial charge in [0.15, 0.2) is 0 Å². The van der Waals surface area contributed by atoms with Crippen molar-refractivity contribution in [3.05, 3.63) is 205 Å². The van der Waals surface area contributed by atoms with Gasteiger partial charge in [0, 0.05) is 50.6 Å². The molecule has 390 valence electrons. The van der Waals surface area contributed by atoms with Crippen LogP contribution in [0, 0.1) is 0 Å². The highest BCUT2D eigenvalue weighted by molar-refractivity contribution is 7.00. The lowest BCUT2D eigenvalue weighted by Gasteiger charge is -2.51. The average molecular weight is 1040 g/mol. The van der Waals surface area contributed by atoms with Gasteiger partial charge < -0.3 is 19.1 Å². The fourth-order valence-electron chi connectivity index (χ4n) is 15.5. The minimum atomic E-state index is -1.65. The number of para-hydroxylation sites is 1. The quantitative estimate of drug-likeness (QED) is 0.155. The molecule has 2 unspecified atom stereocenters. The third-order valence-electron chi connectivity index (χ3n) is 20.2. The minimum Gasteiger partial charge on any atom is -0.456 e. The maximum atomic E-state index is 6.83. The van der Waals surface area contributed by atoms with Gasteiger partial charge in [0.2, 0.25) is 0 Å². The Labute approximate surface area is 468 Å². The Morgan fingerprint density at radius 1 is 0.430 bits per heavy atom. The zero-order valence-electron chi connectivity index (χ0n) is 47.5. The van der Waals surface area contributed by atoms with Gasteiger partial charge in [-0.05, 0) is 159 Å². The van der Waals surface area contributed by atoms with Gasteiger partial charge in [-0.2, -0.15) is 0 Å². The predicted octanol–water partition coefficient (Wildman–Crippen LogP) is 17.6. The first kappa shape index (κ1) is 48.6. The highest BCUT2D eigenvalue weighted by Crippen LogP contribution is 2.62. The van der Waals surface area contributed by atoms with Crippen LogP contribution in [0.2, 0.25) is 19.6 Å². The summed E-state index contributed by atoms with van der Waals surface area (Å²) in [5.74, 6) is 0. The predicted molar refractivity (Wildman–Crippen MR) is 340 cm³/mol. The first-order valence-electron chi connectivity index (χ1n) is 29.2. The Morgan fingerprint density at radius 3 is 1.78 bits per heavy atom. The molecular formula is C73H70BN3OSi. The molecule has 5 aliphatic rings. The van der Waals surface area contributed by atoms with Crippen LogP contribution in [0.1, 0.15) is 96.8 Å². The van der Waals surface area contributed by atoms with Crippen LogP contribution < -0.4 is 36.3 Å². The van der Waals surface area contributed by atoms with Crippen molar-refractivity contribution < 1.29 is 4.42 Å². The summed E-state index contributed by atoms with van der Waals surface area (Å²) in [4.78, 5) is 8.20. The lowest BCUT2D eigenvalue weighted by Crippen LogP contribution is -2.62. The summed E-state index contributed by atoms with van der Waals surface area (Å²) in [5, 5.41) is 3.82. The standard InChI is InChI=1S/C73H70BN3OSi/c1-70(2)38-39-71(3,4)56-46-63-59(45-55(56)70)74-58-34-32-50(48-24-14-11-15-25-48)41-62(58)75(51-27-20-26-49(40-51)47-22-12-10-13-23-47)64-42-52(77-60-35-33-53(79(7,8)9)44-57(60)72(5)36-18-19-37-73(72,77)6)43-65(69(64)74)76(63)61-29-21-31-67-68(61)54-28-16-17-30-66(54)78-67/h10-17,20-35,40-46H,18-19,36-39H2,1-9H3. The van der Waals surface area contributed by atoms with E-state index in [9.17, 15) is 0 Å². The molecule has 4 nitrogen and oxygen atoms in total. The van der Waals surface area contributed by atoms with Crippen LogP contribution in [0.4, 0.5) is 45.5 Å². The number of hydrogen-bond acceptors (Lipinski definition) is 4. The second kappa shape index (κ2) is 17.0. The molecular weight excluding hydrogens is 974 g/mol. The molecule has 0 N–H and O–H groups in total. The molecule has 6 heteroatoms. The maximum Gasteiger partial charge on any atom is 0.252 e. The molecule has 2 aliphatic carbocycles. The van der Waals surface area contributed by atoms with Crippen LogP contribution in [-0.4, -0.2) is 20.3 Å². The smallest absolute Gasteiger partial charge is 0.252 e. The lowest BCUT2D eigenvalue weighted by molar-refractivity contribution is 0.195. The monoisotopic (exact) mass is 1040 g/mol. The molecule has 15 rings (SSSR count). The van der Waals surface area contributed by atoms with Crippen molar-refractivity contribution in [3.8, 4) is 22.3 Å². The molecule has 1 fully saturated rings. The first-order chi connectivity index (χ1) is 38.0. The summed E-state index contributed by atoms with van der Waals surface area (Å²) in [7, 11) is -1.65. The number of benzene rings is 9. The summed E-state index contributed by atoms with van der Waals surface area (Å²) in [5.41, 5.74) is 24.7. The van der Waals surface area contributed by atoms with Crippen LogP contribution in [0.3, 0.4) is 0 Å². The van der Waals surface area contributed by atoms with Gasteiger partial charge in [-0.25, -0.2) is 0 Å². The largest absolute Gasteiger partial charge is 0.456 e. The molecule has 1 saturated carbocycles. The number of anilines is 8. The van der Waals surface area contributed by atoms with E-state index in [4.69, 9.17) is 4.42 Å². The number of nitrogens with zero attached hydrogens (tertiary/aromatic N) is 3. The zero-order valence-corrected chi connectivity index (χ0v) is 48.5. The van der Waals surface area contributed by atoms with Crippen LogP contribution in [0.15, 0.2) is 192 Å². The molecule has 79 heavy (non-hydrogen) atoms. The molecule has 3 aliphatic heterocycles. The van der Waals surface area contributed by atoms with E-state index in [0.29, 0.717) is 0 Å². The summed E-state index contributed by atoms with van der Waals surface area (Å²) in [6.07, 6.45) is 7.01. The number of rotatable bonds is 6. The second-order valence-electron chi connectivity index (χ2n) is 26.7. The van der Waals surface area contributed by atoms with E-state index in [2.05, 4.69) is 264 Å². The van der Waals surface area contributed by atoms with Crippen molar-refractivity contribution >= 4 is 104 Å². The summed E-state index contributed by atoms with van der Waals surface area (Å²) < 4.78 is 6.83. The van der Waals surface area contributed by atoms with Crippen molar-refractivity contribution in [2.24, 2.45) is 0 Å². The molecule has 0 spiro atoms. The molecule has 9 aromatic carbocycles. The van der Waals surface area contributed by atoms with Crippen LogP contribution >= 0.6 is 0 Å². The van der Waals surface area contributed by atoms with Gasteiger partial charge >= 0.3 is 0 Å². The van der Waals surface area contributed by atoms with Gasteiger partial charge in [0.25, 0.3) is 6.71 Å². The second-order valence-corrected chi connectivity index (χ2v) is 31.7. The van der Waals surface area contributed by atoms with E-state index >= 15 is 0 Å². The van der Waals surface area contributed by atoms with Gasteiger partial charge in [0.05, 0.1) is 24.7 Å². The molecule has 0 amide bonds. The summed E-state index contributed by atoms with van der Waals surface area (Å²) >= 11 is 0. The Bertz CT molecular complexity index is 4150. The van der Waals surface area contributed by atoms with E-state index in [-0.39, 0.29) is 28.5 Å². The van der Waals surface area contributed by atoms with Crippen LogP contribution in [0.5, 0.6) is 0 Å². The molecule has 1 aromatic heterocycles. The molecule has 0 bridgehead atoms. The van der Waals surface area contributed by atoms with E-state index in [1.54, 1.807) is 5.19 Å². The van der Waals surface area contributed by atoms with E-state index in [0.717, 1.165) is 52.6 Å². The Balaban J connectivity index is 1.10.